The Morgan fingerprint density at radius 1 is 1.10 bits per heavy atom. The monoisotopic (exact) mass is 683 g/mol. The van der Waals surface area contributed by atoms with Gasteiger partial charge in [0.05, 0.1) is 55.1 Å². The number of aromatic nitrogens is 2. The number of carbonyl (C=O) groups is 1. The summed E-state index contributed by atoms with van der Waals surface area (Å²) in [5, 5.41) is 7.43. The maximum absolute atomic E-state index is 15.1. The van der Waals surface area contributed by atoms with E-state index >= 15 is 4.39 Å². The second kappa shape index (κ2) is 13.4. The Balaban J connectivity index is 1.12. The number of likely N-dealkylation sites (tertiary alicyclic amines) is 1. The van der Waals surface area contributed by atoms with Crippen LogP contribution in [0.5, 0.6) is 5.75 Å². The van der Waals surface area contributed by atoms with Crippen LogP contribution in [0.2, 0.25) is 0 Å². The largest absolute Gasteiger partial charge is 0.494 e. The number of hydrogen-bond donors (Lipinski definition) is 2. The summed E-state index contributed by atoms with van der Waals surface area (Å²) in [5.41, 5.74) is 0.362. The van der Waals surface area contributed by atoms with Gasteiger partial charge in [0.15, 0.2) is 5.82 Å². The Morgan fingerprint density at radius 2 is 1.92 bits per heavy atom. The Bertz CT molecular complexity index is 1720. The molecule has 0 radical (unpaired) electrons. The number of nitrogens with zero attached hydrogens (tertiary/aromatic N) is 5. The number of hydroxylamine groups is 1. The molecule has 4 aliphatic heterocycles. The van der Waals surface area contributed by atoms with Gasteiger partial charge in [-0.25, -0.2) is 19.4 Å². The number of benzene rings is 2. The van der Waals surface area contributed by atoms with Crippen LogP contribution in [0.25, 0.3) is 0 Å². The quantitative estimate of drug-likeness (QED) is 0.211. The van der Waals surface area contributed by atoms with Crippen LogP contribution >= 0.6 is 0 Å². The first-order chi connectivity index (χ1) is 23.6. The van der Waals surface area contributed by atoms with Crippen LogP contribution in [-0.2, 0) is 20.5 Å². The Hall–Kier alpha value is -4.47. The standard InChI is InChI=1S/C34H37F4N7O4/c1-3-32(46)42-25-14-26(29(47-2)15-28(25)43-10-7-20(8-11-43)44-17-22-13-21(44)18-48-22)41-30-16-31(40-19-39-30)45-27(9-12-49-45)23-5-4-6-24(33(23)35)34(36,37)38/h3-6,14-16,19-22,27H,1,7-13,17-18H2,2H3,(H,42,46)(H,39,40,41)/t21-,22-,27+/m0/s1. The number of methoxy groups -OCH3 is 1. The second-order valence-corrected chi connectivity index (χ2v) is 12.6. The third kappa shape index (κ3) is 6.62. The van der Waals surface area contributed by atoms with Gasteiger partial charge < -0.3 is 25.0 Å². The molecule has 1 amide bonds. The van der Waals surface area contributed by atoms with E-state index < -0.39 is 23.6 Å². The van der Waals surface area contributed by atoms with Gasteiger partial charge in [0.25, 0.3) is 0 Å². The van der Waals surface area contributed by atoms with Gasteiger partial charge in [-0.3, -0.25) is 14.5 Å². The average molecular weight is 684 g/mol. The topological polar surface area (TPSA) is 104 Å². The molecule has 2 N–H and O–H groups in total. The molecule has 3 aromatic rings. The van der Waals surface area contributed by atoms with Crippen molar-refractivity contribution in [2.45, 2.75) is 56.1 Å². The molecular formula is C34H37F4N7O4. The van der Waals surface area contributed by atoms with Crippen LogP contribution in [0.1, 0.15) is 42.9 Å². The highest BCUT2D eigenvalue weighted by Gasteiger charge is 2.43. The van der Waals surface area contributed by atoms with Crippen LogP contribution in [0, 0.1) is 5.82 Å². The molecule has 260 valence electrons. The van der Waals surface area contributed by atoms with Crippen molar-refractivity contribution in [2.75, 3.05) is 60.6 Å². The fourth-order valence-corrected chi connectivity index (χ4v) is 7.37. The number of rotatable bonds is 9. The highest BCUT2D eigenvalue weighted by atomic mass is 19.4. The lowest BCUT2D eigenvalue weighted by molar-refractivity contribution is -0.140. The van der Waals surface area contributed by atoms with Crippen molar-refractivity contribution < 1.29 is 36.7 Å². The molecule has 2 bridgehead atoms. The molecule has 1 aromatic heterocycles. The molecule has 7 rings (SSSR count). The summed E-state index contributed by atoms with van der Waals surface area (Å²) in [6.07, 6.45) is 1.30. The maximum atomic E-state index is 15.1. The fraction of sp³-hybridized carbons (Fsp3) is 0.441. The zero-order valence-corrected chi connectivity index (χ0v) is 26.9. The second-order valence-electron chi connectivity index (χ2n) is 12.6. The van der Waals surface area contributed by atoms with Gasteiger partial charge in [0, 0.05) is 55.8 Å². The molecule has 4 aliphatic rings. The number of alkyl halides is 3. The number of nitrogens with one attached hydrogen (secondary N) is 2. The number of piperidine rings is 1. The molecule has 0 aliphatic carbocycles. The van der Waals surface area contributed by atoms with E-state index in [1.165, 1.54) is 29.6 Å². The predicted molar refractivity (Wildman–Crippen MR) is 174 cm³/mol. The number of morpholine rings is 1. The summed E-state index contributed by atoms with van der Waals surface area (Å²) >= 11 is 0. The first-order valence-electron chi connectivity index (χ1n) is 16.3. The van der Waals surface area contributed by atoms with Crippen LogP contribution in [0.4, 0.5) is 46.3 Å². The summed E-state index contributed by atoms with van der Waals surface area (Å²) in [4.78, 5) is 31.7. The smallest absolute Gasteiger partial charge is 0.419 e. The lowest BCUT2D eigenvalue weighted by Gasteiger charge is -2.41. The minimum atomic E-state index is -4.84. The number of hydrogen-bond acceptors (Lipinski definition) is 10. The zero-order chi connectivity index (χ0) is 34.3. The molecule has 15 heteroatoms. The zero-order valence-electron chi connectivity index (χ0n) is 26.9. The SMILES string of the molecule is C=CC(=O)Nc1cc(Nc2cc(N3OCC[C@@H]3c3cccc(C(F)(F)F)c3F)ncn2)c(OC)cc1N1CCC(N2C[C@@H]3C[C@H]2CO3)CC1. The number of carbonyl (C=O) groups excluding carboxylic acids is 1. The summed E-state index contributed by atoms with van der Waals surface area (Å²) in [6.45, 7) is 7.14. The maximum Gasteiger partial charge on any atom is 0.419 e. The average Bonchev–Trinajstić information content (AvgIpc) is 3.87. The number of anilines is 5. The molecule has 4 fully saturated rings. The molecule has 0 saturated carbocycles. The van der Waals surface area contributed by atoms with Crippen molar-refractivity contribution in [1.29, 1.82) is 0 Å². The van der Waals surface area contributed by atoms with E-state index in [4.69, 9.17) is 14.3 Å². The Morgan fingerprint density at radius 3 is 2.61 bits per heavy atom. The minimum absolute atomic E-state index is 0.147. The van der Waals surface area contributed by atoms with Crippen LogP contribution in [-0.4, -0.2) is 78.9 Å². The van der Waals surface area contributed by atoms with Gasteiger partial charge in [-0.2, -0.15) is 13.2 Å². The van der Waals surface area contributed by atoms with E-state index in [9.17, 15) is 18.0 Å². The summed E-state index contributed by atoms with van der Waals surface area (Å²) in [5.74, 6) is -0.703. The van der Waals surface area contributed by atoms with Gasteiger partial charge in [-0.05, 0) is 37.5 Å². The third-order valence-corrected chi connectivity index (χ3v) is 9.72. The normalized spacial score (nSPS) is 22.8. The van der Waals surface area contributed by atoms with Crippen molar-refractivity contribution in [2.24, 2.45) is 0 Å². The number of fused-ring (bicyclic) bond motifs is 2. The molecule has 11 nitrogen and oxygen atoms in total. The van der Waals surface area contributed by atoms with E-state index in [0.29, 0.717) is 47.2 Å². The van der Waals surface area contributed by atoms with Crippen LogP contribution in [0.15, 0.2) is 55.4 Å². The minimum Gasteiger partial charge on any atom is -0.494 e. The van der Waals surface area contributed by atoms with Gasteiger partial charge in [0.1, 0.15) is 23.7 Å². The van der Waals surface area contributed by atoms with Gasteiger partial charge in [0.2, 0.25) is 5.91 Å². The summed E-state index contributed by atoms with van der Waals surface area (Å²) in [7, 11) is 1.54. The van der Waals surface area contributed by atoms with Gasteiger partial charge >= 0.3 is 6.18 Å². The molecule has 5 heterocycles. The van der Waals surface area contributed by atoms with Gasteiger partial charge in [-0.15, -0.1) is 0 Å². The van der Waals surface area contributed by atoms with E-state index in [2.05, 4.69) is 37.0 Å². The molecule has 0 unspecified atom stereocenters. The lowest BCUT2D eigenvalue weighted by atomic mass is 10.0. The third-order valence-electron chi connectivity index (χ3n) is 9.72. The molecule has 4 saturated heterocycles. The molecule has 0 spiro atoms. The predicted octanol–water partition coefficient (Wildman–Crippen LogP) is 5.84. The molecule has 2 aromatic carbocycles. The van der Waals surface area contributed by atoms with E-state index in [0.717, 1.165) is 51.2 Å². The lowest BCUT2D eigenvalue weighted by Crippen LogP contribution is -2.49. The highest BCUT2D eigenvalue weighted by Crippen LogP contribution is 2.42. The molecular weight excluding hydrogens is 646 g/mol. The van der Waals surface area contributed by atoms with E-state index in [1.807, 2.05) is 6.07 Å². The Labute approximate surface area is 280 Å². The molecule has 49 heavy (non-hydrogen) atoms. The molecule has 3 atom stereocenters. The van der Waals surface area contributed by atoms with Crippen molar-refractivity contribution >= 4 is 34.6 Å². The number of amides is 1. The fourth-order valence-electron chi connectivity index (χ4n) is 7.37. The van der Waals surface area contributed by atoms with E-state index in [-0.39, 0.29) is 30.3 Å². The van der Waals surface area contributed by atoms with Gasteiger partial charge in [-0.1, -0.05) is 18.7 Å². The number of ether oxygens (including phenoxy) is 2. The first-order valence-corrected chi connectivity index (χ1v) is 16.3. The number of halogens is 4. The Kier molecular flexibility index (Phi) is 9.07. The summed E-state index contributed by atoms with van der Waals surface area (Å²) < 4.78 is 67.0. The van der Waals surface area contributed by atoms with Crippen LogP contribution in [0.3, 0.4) is 0 Å². The van der Waals surface area contributed by atoms with Crippen LogP contribution < -0.4 is 25.3 Å². The van der Waals surface area contributed by atoms with Crippen molar-refractivity contribution in [3.05, 3.63) is 72.3 Å². The van der Waals surface area contributed by atoms with Crippen molar-refractivity contribution in [3.8, 4) is 5.75 Å². The first kappa shape index (κ1) is 33.0. The van der Waals surface area contributed by atoms with Crippen molar-refractivity contribution in [3.63, 3.8) is 0 Å². The van der Waals surface area contributed by atoms with Crippen molar-refractivity contribution in [1.82, 2.24) is 14.9 Å². The highest BCUT2D eigenvalue weighted by molar-refractivity contribution is 6.02. The summed E-state index contributed by atoms with van der Waals surface area (Å²) in [6, 6.07) is 8.51. The van der Waals surface area contributed by atoms with E-state index in [1.54, 1.807) is 19.2 Å².